The molecule has 0 saturated heterocycles. The van der Waals surface area contributed by atoms with E-state index in [-0.39, 0.29) is 0 Å². The van der Waals surface area contributed by atoms with E-state index in [0.717, 1.165) is 6.92 Å². The molecule has 5 heteroatoms. The van der Waals surface area contributed by atoms with E-state index in [4.69, 9.17) is 0 Å². The van der Waals surface area contributed by atoms with Gasteiger partial charge in [-0.05, 0) is 6.92 Å². The van der Waals surface area contributed by atoms with E-state index < -0.39 is 17.7 Å². The molecule has 0 aromatic heterocycles. The Labute approximate surface area is 55.5 Å². The molecule has 0 rings (SSSR count). The normalized spacial score (nSPS) is 13.4. The number of alkyl halides is 3. The number of nitrogens with two attached hydrogens (primary N) is 1. The summed E-state index contributed by atoms with van der Waals surface area (Å²) >= 11 is 0. The lowest BCUT2D eigenvalue weighted by atomic mass is 10.3. The zero-order chi connectivity index (χ0) is 8.36. The van der Waals surface area contributed by atoms with Crippen LogP contribution in [0.2, 0.25) is 0 Å². The Kier molecular flexibility index (Phi) is 2.45. The number of hydrogen-bond donors (Lipinski definition) is 1. The van der Waals surface area contributed by atoms with Crippen molar-refractivity contribution in [3.05, 3.63) is 11.6 Å². The first-order chi connectivity index (χ1) is 4.34. The second-order valence-electron chi connectivity index (χ2n) is 1.73. The highest BCUT2D eigenvalue weighted by atomic mass is 19.4. The van der Waals surface area contributed by atoms with Crippen LogP contribution < -0.4 is 5.73 Å². The van der Waals surface area contributed by atoms with Gasteiger partial charge in [0, 0.05) is 11.6 Å². The summed E-state index contributed by atoms with van der Waals surface area (Å²) in [6.45, 7) is 0.782. The highest BCUT2D eigenvalue weighted by Gasteiger charge is 2.30. The summed E-state index contributed by atoms with van der Waals surface area (Å²) in [5.41, 5.74) is 3.49. The van der Waals surface area contributed by atoms with Crippen molar-refractivity contribution in [1.82, 2.24) is 0 Å². The van der Waals surface area contributed by atoms with E-state index in [0.29, 0.717) is 6.08 Å². The number of hydrogen-bond acceptors (Lipinski definition) is 1. The van der Waals surface area contributed by atoms with Crippen molar-refractivity contribution < 1.29 is 18.0 Å². The van der Waals surface area contributed by atoms with Crippen molar-refractivity contribution in [2.24, 2.45) is 5.73 Å². The molecule has 2 N–H and O–H groups in total. The van der Waals surface area contributed by atoms with Crippen molar-refractivity contribution in [1.29, 1.82) is 0 Å². The molecule has 0 fully saturated rings. The van der Waals surface area contributed by atoms with Gasteiger partial charge in [-0.25, -0.2) is 0 Å². The molecule has 0 radical (unpaired) electrons. The second-order valence-corrected chi connectivity index (χ2v) is 1.73. The summed E-state index contributed by atoms with van der Waals surface area (Å²) < 4.78 is 34.6. The molecule has 0 aliphatic carbocycles. The molecule has 2 nitrogen and oxygen atoms in total. The average Bonchev–Trinajstić information content (AvgIpc) is 1.60. The molecule has 0 heterocycles. The number of allylic oxidation sites excluding steroid dienone is 1. The van der Waals surface area contributed by atoms with Crippen LogP contribution in [0.1, 0.15) is 6.92 Å². The molecule has 0 bridgehead atoms. The van der Waals surface area contributed by atoms with Crippen LogP contribution in [0.25, 0.3) is 0 Å². The Bertz CT molecular complexity index is 170. The summed E-state index contributed by atoms with van der Waals surface area (Å²) in [6.07, 6.45) is -4.10. The largest absolute Gasteiger partial charge is 0.412 e. The van der Waals surface area contributed by atoms with Gasteiger partial charge in [0.15, 0.2) is 0 Å². The molecular weight excluding hydrogens is 147 g/mol. The number of primary amides is 1. The standard InChI is InChI=1S/C5H6F3NO/c1-3(2-4(9)10)5(6,7)8/h2H,1H3,(H2,9,10)/b3-2-. The fraction of sp³-hybridized carbons (Fsp3) is 0.400. The Balaban J connectivity index is 4.35. The molecule has 0 spiro atoms. The van der Waals surface area contributed by atoms with Crippen LogP contribution in [0.4, 0.5) is 13.2 Å². The lowest BCUT2D eigenvalue weighted by Gasteiger charge is -2.03. The van der Waals surface area contributed by atoms with E-state index in [1.165, 1.54) is 0 Å². The Hall–Kier alpha value is -1.00. The maximum atomic E-state index is 11.5. The minimum absolute atomic E-state index is 0.347. The predicted molar refractivity (Wildman–Crippen MR) is 29.0 cm³/mol. The maximum Gasteiger partial charge on any atom is 0.412 e. The topological polar surface area (TPSA) is 43.1 Å². The van der Waals surface area contributed by atoms with Gasteiger partial charge in [0.05, 0.1) is 0 Å². The molecule has 0 aliphatic heterocycles. The minimum Gasteiger partial charge on any atom is -0.366 e. The van der Waals surface area contributed by atoms with E-state index in [1.54, 1.807) is 0 Å². The van der Waals surface area contributed by atoms with Gasteiger partial charge in [-0.1, -0.05) is 0 Å². The van der Waals surface area contributed by atoms with Crippen LogP contribution in [0.5, 0.6) is 0 Å². The fourth-order valence-electron chi connectivity index (χ4n) is 0.295. The Morgan fingerprint density at radius 1 is 1.50 bits per heavy atom. The highest BCUT2D eigenvalue weighted by Crippen LogP contribution is 2.24. The summed E-state index contributed by atoms with van der Waals surface area (Å²) in [7, 11) is 0. The summed E-state index contributed by atoms with van der Waals surface area (Å²) in [5.74, 6) is -1.09. The molecular formula is C5H6F3NO. The minimum atomic E-state index is -4.45. The third-order valence-corrected chi connectivity index (χ3v) is 0.806. The summed E-state index contributed by atoms with van der Waals surface area (Å²) in [6, 6.07) is 0. The van der Waals surface area contributed by atoms with E-state index in [1.807, 2.05) is 0 Å². The van der Waals surface area contributed by atoms with E-state index in [2.05, 4.69) is 5.73 Å². The smallest absolute Gasteiger partial charge is 0.366 e. The van der Waals surface area contributed by atoms with Gasteiger partial charge in [-0.15, -0.1) is 0 Å². The molecule has 0 aromatic rings. The van der Waals surface area contributed by atoms with Crippen molar-refractivity contribution in [2.75, 3.05) is 0 Å². The van der Waals surface area contributed by atoms with Gasteiger partial charge in [-0.3, -0.25) is 4.79 Å². The molecule has 1 amide bonds. The molecule has 0 unspecified atom stereocenters. The van der Waals surface area contributed by atoms with Gasteiger partial charge in [0.2, 0.25) is 5.91 Å². The molecule has 0 aliphatic rings. The Morgan fingerprint density at radius 3 is 2.00 bits per heavy atom. The average molecular weight is 153 g/mol. The predicted octanol–water partition coefficient (Wildman–Crippen LogP) is 0.980. The number of halogens is 3. The molecule has 58 valence electrons. The van der Waals surface area contributed by atoms with Gasteiger partial charge in [0.1, 0.15) is 0 Å². The summed E-state index contributed by atoms with van der Waals surface area (Å²) in [5, 5.41) is 0. The van der Waals surface area contributed by atoms with Gasteiger partial charge in [-0.2, -0.15) is 13.2 Å². The molecule has 0 atom stereocenters. The van der Waals surface area contributed by atoms with Crippen molar-refractivity contribution in [3.8, 4) is 0 Å². The van der Waals surface area contributed by atoms with E-state index >= 15 is 0 Å². The zero-order valence-electron chi connectivity index (χ0n) is 5.20. The van der Waals surface area contributed by atoms with Gasteiger partial charge >= 0.3 is 6.18 Å². The first-order valence-electron chi connectivity index (χ1n) is 2.39. The maximum absolute atomic E-state index is 11.5. The van der Waals surface area contributed by atoms with Crippen LogP contribution in [-0.2, 0) is 4.79 Å². The number of carbonyl (C=O) groups is 1. The fourth-order valence-corrected chi connectivity index (χ4v) is 0.295. The molecule has 10 heavy (non-hydrogen) atoms. The lowest BCUT2D eigenvalue weighted by Crippen LogP contribution is -2.14. The van der Waals surface area contributed by atoms with Gasteiger partial charge in [0.25, 0.3) is 0 Å². The first kappa shape index (κ1) is 9.00. The lowest BCUT2D eigenvalue weighted by molar-refractivity contribution is -0.115. The highest BCUT2D eigenvalue weighted by molar-refractivity contribution is 5.86. The third kappa shape index (κ3) is 3.11. The zero-order valence-corrected chi connectivity index (χ0v) is 5.20. The number of rotatable bonds is 1. The van der Waals surface area contributed by atoms with Crippen molar-refractivity contribution >= 4 is 5.91 Å². The van der Waals surface area contributed by atoms with Crippen LogP contribution >= 0.6 is 0 Å². The van der Waals surface area contributed by atoms with Crippen LogP contribution in [0.15, 0.2) is 11.6 Å². The second kappa shape index (κ2) is 2.72. The first-order valence-corrected chi connectivity index (χ1v) is 2.39. The van der Waals surface area contributed by atoms with Crippen LogP contribution in [0, 0.1) is 0 Å². The third-order valence-electron chi connectivity index (χ3n) is 0.806. The SMILES string of the molecule is C/C(=C/C(N)=O)C(F)(F)F. The van der Waals surface area contributed by atoms with Crippen molar-refractivity contribution in [2.45, 2.75) is 13.1 Å². The van der Waals surface area contributed by atoms with Gasteiger partial charge < -0.3 is 5.73 Å². The molecule has 0 aromatic carbocycles. The summed E-state index contributed by atoms with van der Waals surface area (Å²) in [4.78, 5) is 9.90. The molecule has 0 saturated carbocycles. The van der Waals surface area contributed by atoms with Crippen LogP contribution in [0.3, 0.4) is 0 Å². The number of amides is 1. The van der Waals surface area contributed by atoms with E-state index in [9.17, 15) is 18.0 Å². The number of carbonyl (C=O) groups excluding carboxylic acids is 1. The monoisotopic (exact) mass is 153 g/mol. The Morgan fingerprint density at radius 2 is 1.90 bits per heavy atom. The van der Waals surface area contributed by atoms with Crippen LogP contribution in [-0.4, -0.2) is 12.1 Å². The van der Waals surface area contributed by atoms with Crippen molar-refractivity contribution in [3.63, 3.8) is 0 Å². The quantitative estimate of drug-likeness (QED) is 0.560.